The lowest BCUT2D eigenvalue weighted by atomic mass is 10.3. The second-order valence-electron chi connectivity index (χ2n) is 4.95. The molecule has 2 rings (SSSR count). The molecule has 1 saturated carbocycles. The van der Waals surface area contributed by atoms with Gasteiger partial charge in [-0.15, -0.1) is 0 Å². The molecule has 20 heavy (non-hydrogen) atoms. The third-order valence-corrected chi connectivity index (χ3v) is 3.46. The van der Waals surface area contributed by atoms with Gasteiger partial charge in [-0.2, -0.15) is 5.10 Å². The molecule has 1 aromatic heterocycles. The van der Waals surface area contributed by atoms with Gasteiger partial charge in [0.1, 0.15) is 5.02 Å². The highest BCUT2D eigenvalue weighted by atomic mass is 35.5. The van der Waals surface area contributed by atoms with E-state index in [0.29, 0.717) is 18.3 Å². The average molecular weight is 299 g/mol. The Morgan fingerprint density at radius 3 is 2.95 bits per heavy atom. The minimum atomic E-state index is -0.326. The summed E-state index contributed by atoms with van der Waals surface area (Å²) >= 11 is 6.01. The van der Waals surface area contributed by atoms with E-state index in [1.54, 1.807) is 0 Å². The first-order valence-electron chi connectivity index (χ1n) is 6.90. The van der Waals surface area contributed by atoms with Gasteiger partial charge < -0.3 is 10.6 Å². The van der Waals surface area contributed by atoms with Crippen LogP contribution in [0.2, 0.25) is 5.02 Å². The van der Waals surface area contributed by atoms with Crippen molar-refractivity contribution in [2.75, 3.05) is 11.9 Å². The molecule has 110 valence electrons. The highest BCUT2D eigenvalue weighted by Gasteiger charge is 2.23. The van der Waals surface area contributed by atoms with E-state index in [2.05, 4.69) is 15.7 Å². The highest BCUT2D eigenvalue weighted by Crippen LogP contribution is 2.18. The zero-order valence-electron chi connectivity index (χ0n) is 11.5. The number of halogens is 1. The summed E-state index contributed by atoms with van der Waals surface area (Å²) in [6.45, 7) is 2.69. The van der Waals surface area contributed by atoms with Crippen LogP contribution >= 0.6 is 11.6 Å². The predicted molar refractivity (Wildman–Crippen MR) is 78.1 cm³/mol. The Hall–Kier alpha value is -1.56. The third kappa shape index (κ3) is 3.96. The highest BCUT2D eigenvalue weighted by molar-refractivity contribution is 6.33. The number of aryl methyl sites for hydroxylation is 1. The summed E-state index contributed by atoms with van der Waals surface area (Å²) in [6.07, 6.45) is 5.43. The van der Waals surface area contributed by atoms with Gasteiger partial charge in [-0.05, 0) is 19.3 Å². The molecule has 1 aliphatic rings. The van der Waals surface area contributed by atoms with E-state index < -0.39 is 0 Å². The van der Waals surface area contributed by atoms with Crippen LogP contribution in [-0.2, 0) is 11.3 Å². The standard InChI is InChI=1S/C13H19ClN4O2/c1-2-3-6-18-13(20)12(14)10(7-16-18)15-8-11(19)17-9-4-5-9/h7,9,15H,2-6,8H2,1H3,(H,17,19). The van der Waals surface area contributed by atoms with Crippen LogP contribution in [0.15, 0.2) is 11.0 Å². The van der Waals surface area contributed by atoms with E-state index >= 15 is 0 Å². The molecule has 2 N–H and O–H groups in total. The molecule has 0 atom stereocenters. The lowest BCUT2D eigenvalue weighted by Crippen LogP contribution is -2.32. The molecular weight excluding hydrogens is 280 g/mol. The number of amides is 1. The second-order valence-corrected chi connectivity index (χ2v) is 5.33. The maximum absolute atomic E-state index is 12.0. The van der Waals surface area contributed by atoms with Crippen LogP contribution < -0.4 is 16.2 Å². The Labute approximate surface area is 122 Å². The van der Waals surface area contributed by atoms with Crippen molar-refractivity contribution in [3.05, 3.63) is 21.6 Å². The van der Waals surface area contributed by atoms with Crippen molar-refractivity contribution in [2.45, 2.75) is 45.2 Å². The summed E-state index contributed by atoms with van der Waals surface area (Å²) in [5, 5.41) is 9.83. The normalized spacial score (nSPS) is 14.1. The number of aromatic nitrogens is 2. The van der Waals surface area contributed by atoms with Crippen molar-refractivity contribution in [3.8, 4) is 0 Å². The van der Waals surface area contributed by atoms with Crippen molar-refractivity contribution < 1.29 is 4.79 Å². The van der Waals surface area contributed by atoms with Crippen LogP contribution in [0.25, 0.3) is 0 Å². The van der Waals surface area contributed by atoms with Crippen LogP contribution in [0, 0.1) is 0 Å². The molecule has 0 saturated heterocycles. The third-order valence-electron chi connectivity index (χ3n) is 3.09. The number of nitrogens with one attached hydrogen (secondary N) is 2. The first-order chi connectivity index (χ1) is 9.61. The summed E-state index contributed by atoms with van der Waals surface area (Å²) in [5.41, 5.74) is 0.0723. The minimum Gasteiger partial charge on any atom is -0.373 e. The van der Waals surface area contributed by atoms with E-state index in [4.69, 9.17) is 11.6 Å². The molecule has 1 heterocycles. The van der Waals surface area contributed by atoms with Gasteiger partial charge in [-0.25, -0.2) is 4.68 Å². The van der Waals surface area contributed by atoms with E-state index in [9.17, 15) is 9.59 Å². The molecule has 7 heteroatoms. The number of hydrogen-bond acceptors (Lipinski definition) is 4. The lowest BCUT2D eigenvalue weighted by Gasteiger charge is -2.10. The van der Waals surface area contributed by atoms with E-state index in [-0.39, 0.29) is 23.0 Å². The van der Waals surface area contributed by atoms with Gasteiger partial charge in [0.2, 0.25) is 5.91 Å². The first-order valence-corrected chi connectivity index (χ1v) is 7.28. The van der Waals surface area contributed by atoms with E-state index in [1.807, 2.05) is 6.92 Å². The summed E-state index contributed by atoms with van der Waals surface area (Å²) < 4.78 is 1.35. The van der Waals surface area contributed by atoms with Gasteiger partial charge in [0.25, 0.3) is 5.56 Å². The summed E-state index contributed by atoms with van der Waals surface area (Å²) in [5.74, 6) is -0.0984. The van der Waals surface area contributed by atoms with Crippen molar-refractivity contribution in [2.24, 2.45) is 0 Å². The first kappa shape index (κ1) is 14.8. The Morgan fingerprint density at radius 1 is 1.55 bits per heavy atom. The topological polar surface area (TPSA) is 76.0 Å². The quantitative estimate of drug-likeness (QED) is 0.797. The van der Waals surface area contributed by atoms with E-state index in [0.717, 1.165) is 25.7 Å². The molecule has 0 aliphatic heterocycles. The molecule has 0 aromatic carbocycles. The Kier molecular flexibility index (Phi) is 5.00. The second kappa shape index (κ2) is 6.74. The number of unbranched alkanes of at least 4 members (excludes halogenated alkanes) is 1. The minimum absolute atomic E-state index is 0.0790. The molecule has 1 fully saturated rings. The molecule has 0 unspecified atom stereocenters. The van der Waals surface area contributed by atoms with Crippen LogP contribution in [0.5, 0.6) is 0 Å². The summed E-state index contributed by atoms with van der Waals surface area (Å²) in [4.78, 5) is 23.5. The summed E-state index contributed by atoms with van der Waals surface area (Å²) in [7, 11) is 0. The molecule has 6 nitrogen and oxygen atoms in total. The number of rotatable bonds is 7. The van der Waals surface area contributed by atoms with Gasteiger partial charge in [0, 0.05) is 12.6 Å². The molecule has 0 bridgehead atoms. The fourth-order valence-electron chi connectivity index (χ4n) is 1.74. The van der Waals surface area contributed by atoms with Gasteiger partial charge in [-0.3, -0.25) is 9.59 Å². The van der Waals surface area contributed by atoms with Crippen LogP contribution in [0.4, 0.5) is 5.69 Å². The van der Waals surface area contributed by atoms with Crippen LogP contribution in [0.3, 0.4) is 0 Å². The van der Waals surface area contributed by atoms with Crippen molar-refractivity contribution in [1.29, 1.82) is 0 Å². The zero-order valence-corrected chi connectivity index (χ0v) is 12.2. The van der Waals surface area contributed by atoms with Crippen LogP contribution in [-0.4, -0.2) is 28.3 Å². The maximum Gasteiger partial charge on any atom is 0.287 e. The Bertz CT molecular complexity index is 540. The fraction of sp³-hybridized carbons (Fsp3) is 0.615. The Morgan fingerprint density at radius 2 is 2.30 bits per heavy atom. The molecule has 1 aliphatic carbocycles. The molecule has 1 aromatic rings. The monoisotopic (exact) mass is 298 g/mol. The Balaban J connectivity index is 1.95. The molecule has 0 radical (unpaired) electrons. The largest absolute Gasteiger partial charge is 0.373 e. The number of carbonyl (C=O) groups excluding carboxylic acids is 1. The van der Waals surface area contributed by atoms with Gasteiger partial charge in [0.05, 0.1) is 18.4 Å². The predicted octanol–water partition coefficient (Wildman–Crippen LogP) is 1.39. The summed E-state index contributed by atoms with van der Waals surface area (Å²) in [6, 6.07) is 0.319. The smallest absolute Gasteiger partial charge is 0.287 e. The lowest BCUT2D eigenvalue weighted by molar-refractivity contribution is -0.119. The fourth-order valence-corrected chi connectivity index (χ4v) is 1.95. The van der Waals surface area contributed by atoms with E-state index in [1.165, 1.54) is 10.9 Å². The van der Waals surface area contributed by atoms with Gasteiger partial charge in [-0.1, -0.05) is 24.9 Å². The SMILES string of the molecule is CCCCn1ncc(NCC(=O)NC2CC2)c(Cl)c1=O. The number of hydrogen-bond donors (Lipinski definition) is 2. The van der Waals surface area contributed by atoms with Crippen LogP contribution in [0.1, 0.15) is 32.6 Å². The maximum atomic E-state index is 12.0. The zero-order chi connectivity index (χ0) is 14.5. The molecule has 0 spiro atoms. The van der Waals surface area contributed by atoms with Gasteiger partial charge >= 0.3 is 0 Å². The van der Waals surface area contributed by atoms with Crippen molar-refractivity contribution in [1.82, 2.24) is 15.1 Å². The van der Waals surface area contributed by atoms with Crippen molar-refractivity contribution in [3.63, 3.8) is 0 Å². The molecule has 1 amide bonds. The van der Waals surface area contributed by atoms with Crippen molar-refractivity contribution >= 4 is 23.2 Å². The number of anilines is 1. The number of nitrogens with zero attached hydrogens (tertiary/aromatic N) is 2. The van der Waals surface area contributed by atoms with Gasteiger partial charge in [0.15, 0.2) is 0 Å². The number of carbonyl (C=O) groups is 1. The molecular formula is C13H19ClN4O2. The average Bonchev–Trinajstić information content (AvgIpc) is 3.23.